The van der Waals surface area contributed by atoms with Crippen LogP contribution >= 0.6 is 0 Å². The molecule has 0 unspecified atom stereocenters. The molecule has 0 aliphatic heterocycles. The van der Waals surface area contributed by atoms with Crippen LogP contribution in [0.1, 0.15) is 18.9 Å². The van der Waals surface area contributed by atoms with Crippen molar-refractivity contribution >= 4 is 11.6 Å². The third-order valence-electron chi connectivity index (χ3n) is 3.23. The number of ether oxygens (including phenoxy) is 2. The van der Waals surface area contributed by atoms with Gasteiger partial charge in [0.05, 0.1) is 13.7 Å². The smallest absolute Gasteiger partial charge is 0.224 e. The third kappa shape index (κ3) is 4.81. The fourth-order valence-corrected chi connectivity index (χ4v) is 2.10. The number of aryl methyl sites for hydroxylation is 1. The van der Waals surface area contributed by atoms with Gasteiger partial charge in [0.1, 0.15) is 11.5 Å². The first kappa shape index (κ1) is 15.9. The predicted octanol–water partition coefficient (Wildman–Crippen LogP) is 3.67. The first-order chi connectivity index (χ1) is 10.7. The van der Waals surface area contributed by atoms with Crippen molar-refractivity contribution in [2.24, 2.45) is 0 Å². The minimum absolute atomic E-state index is 0.0119. The van der Waals surface area contributed by atoms with Gasteiger partial charge in [-0.3, -0.25) is 4.79 Å². The number of methoxy groups -OCH3 is 1. The van der Waals surface area contributed by atoms with E-state index in [0.29, 0.717) is 19.4 Å². The van der Waals surface area contributed by atoms with E-state index in [0.717, 1.165) is 22.7 Å². The quantitative estimate of drug-likeness (QED) is 0.848. The number of hydrogen-bond donors (Lipinski definition) is 1. The van der Waals surface area contributed by atoms with E-state index in [1.807, 2.05) is 49.4 Å². The molecule has 4 heteroatoms. The second-order valence-corrected chi connectivity index (χ2v) is 4.86. The molecule has 0 saturated carbocycles. The van der Waals surface area contributed by atoms with E-state index in [1.165, 1.54) is 0 Å². The second-order valence-electron chi connectivity index (χ2n) is 4.86. The lowest BCUT2D eigenvalue weighted by molar-refractivity contribution is -0.116. The summed E-state index contributed by atoms with van der Waals surface area (Å²) in [5.41, 5.74) is 1.86. The van der Waals surface area contributed by atoms with Crippen molar-refractivity contribution in [1.82, 2.24) is 0 Å². The van der Waals surface area contributed by atoms with Gasteiger partial charge in [-0.15, -0.1) is 0 Å². The summed E-state index contributed by atoms with van der Waals surface area (Å²) in [6, 6.07) is 15.2. The monoisotopic (exact) mass is 299 g/mol. The van der Waals surface area contributed by atoms with E-state index < -0.39 is 0 Å². The third-order valence-corrected chi connectivity index (χ3v) is 3.23. The fraction of sp³-hybridized carbons (Fsp3) is 0.278. The highest BCUT2D eigenvalue weighted by Crippen LogP contribution is 2.17. The van der Waals surface area contributed by atoms with Crippen LogP contribution in [-0.4, -0.2) is 19.6 Å². The molecule has 116 valence electrons. The van der Waals surface area contributed by atoms with Gasteiger partial charge in [-0.2, -0.15) is 0 Å². The van der Waals surface area contributed by atoms with Crippen molar-refractivity contribution < 1.29 is 14.3 Å². The lowest BCUT2D eigenvalue weighted by Gasteiger charge is -2.08. The van der Waals surface area contributed by atoms with Gasteiger partial charge in [0, 0.05) is 18.2 Å². The number of nitrogens with one attached hydrogen (secondary N) is 1. The number of benzene rings is 2. The average molecular weight is 299 g/mol. The molecule has 1 N–H and O–H groups in total. The summed E-state index contributed by atoms with van der Waals surface area (Å²) < 4.78 is 10.5. The molecule has 0 spiro atoms. The van der Waals surface area contributed by atoms with Crippen LogP contribution in [-0.2, 0) is 11.2 Å². The number of carbonyl (C=O) groups excluding carboxylic acids is 1. The van der Waals surface area contributed by atoms with Crippen LogP contribution < -0.4 is 14.8 Å². The molecule has 0 aliphatic carbocycles. The summed E-state index contributed by atoms with van der Waals surface area (Å²) in [6.07, 6.45) is 1.13. The van der Waals surface area contributed by atoms with E-state index in [-0.39, 0.29) is 5.91 Å². The van der Waals surface area contributed by atoms with Crippen molar-refractivity contribution in [2.75, 3.05) is 19.0 Å². The number of rotatable bonds is 7. The lowest BCUT2D eigenvalue weighted by Crippen LogP contribution is -2.12. The van der Waals surface area contributed by atoms with Crippen LogP contribution in [0.25, 0.3) is 0 Å². The highest BCUT2D eigenvalue weighted by molar-refractivity contribution is 5.91. The molecular formula is C18H21NO3. The summed E-state index contributed by atoms with van der Waals surface area (Å²) in [5, 5.41) is 2.87. The number of amides is 1. The Balaban J connectivity index is 1.84. The molecule has 0 heterocycles. The molecule has 0 bridgehead atoms. The molecule has 4 nitrogen and oxygen atoms in total. The van der Waals surface area contributed by atoms with Gasteiger partial charge in [0.25, 0.3) is 0 Å². The normalized spacial score (nSPS) is 10.1. The SMILES string of the molecule is CCOc1ccc(CCC(=O)Nc2cccc(OC)c2)cc1. The van der Waals surface area contributed by atoms with Crippen molar-refractivity contribution in [3.63, 3.8) is 0 Å². The maximum atomic E-state index is 12.0. The standard InChI is InChI=1S/C18H21NO3/c1-3-22-16-10-7-14(8-11-16)9-12-18(20)19-15-5-4-6-17(13-15)21-2/h4-8,10-11,13H,3,9,12H2,1-2H3,(H,19,20). The number of carbonyl (C=O) groups is 1. The van der Waals surface area contributed by atoms with Crippen molar-refractivity contribution in [3.05, 3.63) is 54.1 Å². The van der Waals surface area contributed by atoms with Crippen molar-refractivity contribution in [1.29, 1.82) is 0 Å². The van der Waals surface area contributed by atoms with Gasteiger partial charge < -0.3 is 14.8 Å². The fourth-order valence-electron chi connectivity index (χ4n) is 2.10. The summed E-state index contributed by atoms with van der Waals surface area (Å²) in [5.74, 6) is 1.57. The Morgan fingerprint density at radius 2 is 1.86 bits per heavy atom. The Kier molecular flexibility index (Phi) is 5.83. The van der Waals surface area contributed by atoms with Crippen LogP contribution in [0.3, 0.4) is 0 Å². The molecule has 2 aromatic rings. The molecule has 0 aromatic heterocycles. The number of hydrogen-bond acceptors (Lipinski definition) is 3. The number of anilines is 1. The highest BCUT2D eigenvalue weighted by atomic mass is 16.5. The summed E-state index contributed by atoms with van der Waals surface area (Å²) >= 11 is 0. The molecule has 2 aromatic carbocycles. The molecule has 0 saturated heterocycles. The zero-order chi connectivity index (χ0) is 15.8. The van der Waals surface area contributed by atoms with E-state index in [4.69, 9.17) is 9.47 Å². The van der Waals surface area contributed by atoms with Crippen LogP contribution in [0.2, 0.25) is 0 Å². The first-order valence-corrected chi connectivity index (χ1v) is 7.37. The minimum atomic E-state index is -0.0119. The molecule has 2 rings (SSSR count). The zero-order valence-corrected chi connectivity index (χ0v) is 13.0. The van der Waals surface area contributed by atoms with E-state index in [1.54, 1.807) is 13.2 Å². The maximum Gasteiger partial charge on any atom is 0.224 e. The Labute approximate surface area is 131 Å². The molecule has 1 amide bonds. The molecule has 0 atom stereocenters. The molecular weight excluding hydrogens is 278 g/mol. The minimum Gasteiger partial charge on any atom is -0.497 e. The molecule has 0 fully saturated rings. The second kappa shape index (κ2) is 8.08. The lowest BCUT2D eigenvalue weighted by atomic mass is 10.1. The Morgan fingerprint density at radius 1 is 1.09 bits per heavy atom. The van der Waals surface area contributed by atoms with Gasteiger partial charge in [-0.05, 0) is 43.2 Å². The predicted molar refractivity (Wildman–Crippen MR) is 87.6 cm³/mol. The molecule has 0 aliphatic rings. The van der Waals surface area contributed by atoms with E-state index >= 15 is 0 Å². The Bertz CT molecular complexity index is 608. The maximum absolute atomic E-state index is 12.0. The highest BCUT2D eigenvalue weighted by Gasteiger charge is 2.04. The molecule has 22 heavy (non-hydrogen) atoms. The van der Waals surface area contributed by atoms with Crippen molar-refractivity contribution in [2.45, 2.75) is 19.8 Å². The van der Waals surface area contributed by atoms with Crippen LogP contribution in [0.15, 0.2) is 48.5 Å². The van der Waals surface area contributed by atoms with Gasteiger partial charge in [0.2, 0.25) is 5.91 Å². The summed E-state index contributed by atoms with van der Waals surface area (Å²) in [4.78, 5) is 12.0. The van der Waals surface area contributed by atoms with Crippen molar-refractivity contribution in [3.8, 4) is 11.5 Å². The Morgan fingerprint density at radius 3 is 2.55 bits per heavy atom. The molecule has 0 radical (unpaired) electrons. The van der Waals surface area contributed by atoms with Gasteiger partial charge in [-0.25, -0.2) is 0 Å². The summed E-state index contributed by atoms with van der Waals surface area (Å²) in [6.45, 7) is 2.61. The van der Waals surface area contributed by atoms with Gasteiger partial charge >= 0.3 is 0 Å². The first-order valence-electron chi connectivity index (χ1n) is 7.37. The van der Waals surface area contributed by atoms with Crippen LogP contribution in [0.5, 0.6) is 11.5 Å². The van der Waals surface area contributed by atoms with E-state index in [9.17, 15) is 4.79 Å². The van der Waals surface area contributed by atoms with Gasteiger partial charge in [0.15, 0.2) is 0 Å². The Hall–Kier alpha value is -2.49. The van der Waals surface area contributed by atoms with E-state index in [2.05, 4.69) is 5.32 Å². The largest absolute Gasteiger partial charge is 0.497 e. The van der Waals surface area contributed by atoms with Crippen LogP contribution in [0, 0.1) is 0 Å². The van der Waals surface area contributed by atoms with Crippen LogP contribution in [0.4, 0.5) is 5.69 Å². The summed E-state index contributed by atoms with van der Waals surface area (Å²) in [7, 11) is 1.60. The van der Waals surface area contributed by atoms with Gasteiger partial charge in [-0.1, -0.05) is 18.2 Å². The average Bonchev–Trinajstić information content (AvgIpc) is 2.55. The zero-order valence-electron chi connectivity index (χ0n) is 13.0. The topological polar surface area (TPSA) is 47.6 Å².